The molecule has 1 aliphatic carbocycles. The first-order valence-electron chi connectivity index (χ1n) is 4.53. The Morgan fingerprint density at radius 1 is 1.33 bits per heavy atom. The molecular weight excluding hydrogens is 152 g/mol. The fraction of sp³-hybridized carbons (Fsp3) is 0.700. The maximum Gasteiger partial charge on any atom is 0.309 e. The predicted molar refractivity (Wildman–Crippen MR) is 48.0 cm³/mol. The zero-order chi connectivity index (χ0) is 9.03. The van der Waals surface area contributed by atoms with Crippen molar-refractivity contribution in [3.8, 4) is 0 Å². The summed E-state index contributed by atoms with van der Waals surface area (Å²) >= 11 is 0. The SMILES string of the molecule is C[C@@]1(C(=O)O)CC/C=C\CCC1. The van der Waals surface area contributed by atoms with E-state index >= 15 is 0 Å². The van der Waals surface area contributed by atoms with Crippen LogP contribution in [-0.2, 0) is 4.79 Å². The van der Waals surface area contributed by atoms with Gasteiger partial charge in [0.25, 0.3) is 0 Å². The summed E-state index contributed by atoms with van der Waals surface area (Å²) in [5, 5.41) is 8.99. The minimum Gasteiger partial charge on any atom is -0.481 e. The Balaban J connectivity index is 2.63. The molecule has 0 aromatic rings. The molecule has 0 saturated heterocycles. The summed E-state index contributed by atoms with van der Waals surface area (Å²) in [4.78, 5) is 10.9. The van der Waals surface area contributed by atoms with Gasteiger partial charge in [0.05, 0.1) is 5.41 Å². The molecule has 0 saturated carbocycles. The molecule has 0 aromatic heterocycles. The second-order valence-corrected chi connectivity index (χ2v) is 3.77. The molecule has 0 spiro atoms. The summed E-state index contributed by atoms with van der Waals surface area (Å²) in [6.07, 6.45) is 8.78. The van der Waals surface area contributed by atoms with Crippen LogP contribution in [0.15, 0.2) is 12.2 Å². The molecule has 0 fully saturated rings. The van der Waals surface area contributed by atoms with Gasteiger partial charge < -0.3 is 5.11 Å². The van der Waals surface area contributed by atoms with Crippen LogP contribution in [0.1, 0.15) is 39.0 Å². The Bertz CT molecular complexity index is 196. The average molecular weight is 168 g/mol. The molecule has 1 aliphatic rings. The van der Waals surface area contributed by atoms with Crippen molar-refractivity contribution in [3.63, 3.8) is 0 Å². The smallest absolute Gasteiger partial charge is 0.309 e. The fourth-order valence-electron chi connectivity index (χ4n) is 1.59. The third-order valence-electron chi connectivity index (χ3n) is 2.65. The molecule has 2 nitrogen and oxygen atoms in total. The Kier molecular flexibility index (Phi) is 2.90. The number of carboxylic acids is 1. The minimum atomic E-state index is -0.641. The Morgan fingerprint density at radius 3 is 2.67 bits per heavy atom. The van der Waals surface area contributed by atoms with Gasteiger partial charge in [-0.05, 0) is 39.0 Å². The first-order valence-corrected chi connectivity index (χ1v) is 4.53. The van der Waals surface area contributed by atoms with E-state index in [-0.39, 0.29) is 0 Å². The van der Waals surface area contributed by atoms with E-state index in [1.54, 1.807) is 0 Å². The second kappa shape index (κ2) is 3.74. The van der Waals surface area contributed by atoms with Gasteiger partial charge in [-0.15, -0.1) is 0 Å². The van der Waals surface area contributed by atoms with E-state index in [0.29, 0.717) is 0 Å². The quantitative estimate of drug-likeness (QED) is 0.611. The van der Waals surface area contributed by atoms with Crippen molar-refractivity contribution < 1.29 is 9.90 Å². The first kappa shape index (κ1) is 9.30. The lowest BCUT2D eigenvalue weighted by Gasteiger charge is -2.24. The van der Waals surface area contributed by atoms with Gasteiger partial charge in [-0.2, -0.15) is 0 Å². The van der Waals surface area contributed by atoms with Crippen LogP contribution in [0.3, 0.4) is 0 Å². The highest BCUT2D eigenvalue weighted by molar-refractivity contribution is 5.74. The lowest BCUT2D eigenvalue weighted by atomic mass is 9.79. The van der Waals surface area contributed by atoms with E-state index in [9.17, 15) is 4.79 Å². The van der Waals surface area contributed by atoms with Gasteiger partial charge in [0, 0.05) is 0 Å². The molecule has 0 aromatic carbocycles. The number of hydrogen-bond donors (Lipinski definition) is 1. The lowest BCUT2D eigenvalue weighted by Crippen LogP contribution is -2.27. The van der Waals surface area contributed by atoms with Crippen LogP contribution < -0.4 is 0 Å². The molecule has 0 amide bonds. The Labute approximate surface area is 73.3 Å². The van der Waals surface area contributed by atoms with Crippen molar-refractivity contribution in [2.45, 2.75) is 39.0 Å². The molecular formula is C10H16O2. The molecule has 0 unspecified atom stereocenters. The van der Waals surface area contributed by atoms with Crippen molar-refractivity contribution in [1.29, 1.82) is 0 Å². The van der Waals surface area contributed by atoms with Crippen LogP contribution in [0.2, 0.25) is 0 Å². The molecule has 1 rings (SSSR count). The average Bonchev–Trinajstić information content (AvgIpc) is 1.97. The van der Waals surface area contributed by atoms with Gasteiger partial charge in [0.2, 0.25) is 0 Å². The predicted octanol–water partition coefficient (Wildman–Crippen LogP) is 2.60. The minimum absolute atomic E-state index is 0.481. The fourth-order valence-corrected chi connectivity index (χ4v) is 1.59. The van der Waals surface area contributed by atoms with E-state index in [0.717, 1.165) is 32.1 Å². The number of aliphatic carboxylic acids is 1. The molecule has 0 bridgehead atoms. The van der Waals surface area contributed by atoms with Crippen LogP contribution in [0.5, 0.6) is 0 Å². The monoisotopic (exact) mass is 168 g/mol. The molecule has 0 heterocycles. The van der Waals surface area contributed by atoms with Gasteiger partial charge >= 0.3 is 5.97 Å². The summed E-state index contributed by atoms with van der Waals surface area (Å²) in [6, 6.07) is 0. The maximum atomic E-state index is 10.9. The van der Waals surface area contributed by atoms with Crippen molar-refractivity contribution >= 4 is 5.97 Å². The zero-order valence-corrected chi connectivity index (χ0v) is 7.55. The largest absolute Gasteiger partial charge is 0.481 e. The first-order chi connectivity index (χ1) is 5.65. The number of carbonyl (C=O) groups is 1. The van der Waals surface area contributed by atoms with E-state index in [4.69, 9.17) is 5.11 Å². The van der Waals surface area contributed by atoms with Gasteiger partial charge in [0.1, 0.15) is 0 Å². The maximum absolute atomic E-state index is 10.9. The van der Waals surface area contributed by atoms with E-state index in [1.807, 2.05) is 6.92 Å². The summed E-state index contributed by atoms with van der Waals surface area (Å²) < 4.78 is 0. The van der Waals surface area contributed by atoms with Crippen molar-refractivity contribution in [2.24, 2.45) is 5.41 Å². The topological polar surface area (TPSA) is 37.3 Å². The van der Waals surface area contributed by atoms with Crippen LogP contribution in [0.25, 0.3) is 0 Å². The van der Waals surface area contributed by atoms with Gasteiger partial charge in [-0.25, -0.2) is 0 Å². The number of allylic oxidation sites excluding steroid dienone is 2. The van der Waals surface area contributed by atoms with Crippen LogP contribution in [0.4, 0.5) is 0 Å². The Morgan fingerprint density at radius 2 is 2.00 bits per heavy atom. The van der Waals surface area contributed by atoms with Crippen LogP contribution >= 0.6 is 0 Å². The molecule has 1 N–H and O–H groups in total. The van der Waals surface area contributed by atoms with Gasteiger partial charge in [0.15, 0.2) is 0 Å². The van der Waals surface area contributed by atoms with E-state index < -0.39 is 11.4 Å². The third kappa shape index (κ3) is 2.10. The lowest BCUT2D eigenvalue weighted by molar-refractivity contribution is -0.148. The van der Waals surface area contributed by atoms with E-state index in [1.165, 1.54) is 0 Å². The highest BCUT2D eigenvalue weighted by Crippen LogP contribution is 2.31. The standard InChI is InChI=1S/C10H16O2/c1-10(9(11)12)7-5-3-2-4-6-8-10/h2-3H,4-8H2,1H3,(H,11,12)/b3-2-/t10-/m1/s1. The summed E-state index contributed by atoms with van der Waals surface area (Å²) in [5.74, 6) is -0.641. The molecule has 12 heavy (non-hydrogen) atoms. The van der Waals surface area contributed by atoms with Crippen molar-refractivity contribution in [2.75, 3.05) is 0 Å². The van der Waals surface area contributed by atoms with Gasteiger partial charge in [-0.3, -0.25) is 4.79 Å². The van der Waals surface area contributed by atoms with Crippen molar-refractivity contribution in [1.82, 2.24) is 0 Å². The second-order valence-electron chi connectivity index (χ2n) is 3.77. The number of hydrogen-bond acceptors (Lipinski definition) is 1. The van der Waals surface area contributed by atoms with E-state index in [2.05, 4.69) is 12.2 Å². The third-order valence-corrected chi connectivity index (χ3v) is 2.65. The Hall–Kier alpha value is -0.790. The van der Waals surface area contributed by atoms with Crippen LogP contribution in [0, 0.1) is 5.41 Å². The molecule has 0 radical (unpaired) electrons. The molecule has 2 heteroatoms. The molecule has 0 aliphatic heterocycles. The summed E-state index contributed by atoms with van der Waals surface area (Å²) in [6.45, 7) is 1.86. The van der Waals surface area contributed by atoms with Gasteiger partial charge in [-0.1, -0.05) is 12.2 Å². The number of rotatable bonds is 1. The zero-order valence-electron chi connectivity index (χ0n) is 7.55. The van der Waals surface area contributed by atoms with Crippen LogP contribution in [-0.4, -0.2) is 11.1 Å². The highest BCUT2D eigenvalue weighted by Gasteiger charge is 2.31. The molecule has 1 atom stereocenters. The van der Waals surface area contributed by atoms with Crippen molar-refractivity contribution in [3.05, 3.63) is 12.2 Å². The highest BCUT2D eigenvalue weighted by atomic mass is 16.4. The molecule has 68 valence electrons. The summed E-state index contributed by atoms with van der Waals surface area (Å²) in [7, 11) is 0. The summed E-state index contributed by atoms with van der Waals surface area (Å²) in [5.41, 5.74) is -0.481. The normalized spacial score (nSPS) is 33.4. The number of carboxylic acid groups (broad SMARTS) is 1.